The van der Waals surface area contributed by atoms with Gasteiger partial charge in [-0.1, -0.05) is 6.92 Å². The van der Waals surface area contributed by atoms with Crippen molar-refractivity contribution in [3.8, 4) is 0 Å². The van der Waals surface area contributed by atoms with Crippen molar-refractivity contribution in [1.29, 1.82) is 0 Å². The Labute approximate surface area is 110 Å². The number of likely N-dealkylation sites (tertiary alicyclic amines) is 1. The first-order valence-corrected chi connectivity index (χ1v) is 7.01. The molecule has 0 atom stereocenters. The standard InChI is InChI=1S/C15H25N3/c1-3-18-8-6-13(7-9-18)11-17-15-5-4-14(16)10-12(15)2/h4-5,10,13,17H,3,6-9,11,16H2,1-2H3. The molecule has 1 fully saturated rings. The molecule has 0 radical (unpaired) electrons. The number of piperidine rings is 1. The van der Waals surface area contributed by atoms with Gasteiger partial charge in [-0.05, 0) is 69.1 Å². The molecule has 0 spiro atoms. The van der Waals surface area contributed by atoms with Crippen molar-refractivity contribution in [3.63, 3.8) is 0 Å². The van der Waals surface area contributed by atoms with Crippen LogP contribution in [0.15, 0.2) is 18.2 Å². The average Bonchev–Trinajstić information content (AvgIpc) is 2.38. The lowest BCUT2D eigenvalue weighted by molar-refractivity contribution is 0.198. The molecule has 18 heavy (non-hydrogen) atoms. The van der Waals surface area contributed by atoms with E-state index in [0.29, 0.717) is 0 Å². The summed E-state index contributed by atoms with van der Waals surface area (Å²) in [4.78, 5) is 2.53. The van der Waals surface area contributed by atoms with Gasteiger partial charge in [0.05, 0.1) is 0 Å². The minimum Gasteiger partial charge on any atom is -0.399 e. The third-order valence-electron chi connectivity index (χ3n) is 3.99. The predicted octanol–water partition coefficient (Wildman–Crippen LogP) is 2.72. The van der Waals surface area contributed by atoms with Gasteiger partial charge in [-0.25, -0.2) is 0 Å². The molecular formula is C15H25N3. The number of anilines is 2. The predicted molar refractivity (Wildman–Crippen MR) is 78.9 cm³/mol. The molecule has 3 N–H and O–H groups in total. The molecule has 100 valence electrons. The van der Waals surface area contributed by atoms with E-state index in [9.17, 15) is 0 Å². The van der Waals surface area contributed by atoms with E-state index in [4.69, 9.17) is 5.73 Å². The summed E-state index contributed by atoms with van der Waals surface area (Å²) in [5.41, 5.74) is 9.07. The fourth-order valence-electron chi connectivity index (χ4n) is 2.65. The molecule has 1 aromatic carbocycles. The highest BCUT2D eigenvalue weighted by Crippen LogP contribution is 2.21. The van der Waals surface area contributed by atoms with Crippen LogP contribution in [0.5, 0.6) is 0 Å². The maximum Gasteiger partial charge on any atom is 0.0371 e. The van der Waals surface area contributed by atoms with Crippen molar-refractivity contribution in [3.05, 3.63) is 23.8 Å². The first-order chi connectivity index (χ1) is 8.69. The molecule has 1 heterocycles. The molecule has 1 aliphatic heterocycles. The lowest BCUT2D eigenvalue weighted by atomic mass is 9.96. The summed E-state index contributed by atoms with van der Waals surface area (Å²) in [5.74, 6) is 0.810. The van der Waals surface area contributed by atoms with Gasteiger partial charge in [-0.2, -0.15) is 0 Å². The van der Waals surface area contributed by atoms with Gasteiger partial charge in [0.2, 0.25) is 0 Å². The zero-order chi connectivity index (χ0) is 13.0. The lowest BCUT2D eigenvalue weighted by Gasteiger charge is -2.31. The summed E-state index contributed by atoms with van der Waals surface area (Å²) in [5, 5.41) is 3.57. The minimum absolute atomic E-state index is 0.810. The number of hydrogen-bond donors (Lipinski definition) is 2. The Hall–Kier alpha value is -1.22. The Morgan fingerprint density at radius 3 is 2.67 bits per heavy atom. The van der Waals surface area contributed by atoms with Crippen LogP contribution in [0.1, 0.15) is 25.3 Å². The van der Waals surface area contributed by atoms with E-state index >= 15 is 0 Å². The number of rotatable bonds is 4. The van der Waals surface area contributed by atoms with Gasteiger partial charge < -0.3 is 16.0 Å². The average molecular weight is 247 g/mol. The van der Waals surface area contributed by atoms with Gasteiger partial charge in [0.25, 0.3) is 0 Å². The molecule has 0 unspecified atom stereocenters. The number of hydrogen-bond acceptors (Lipinski definition) is 3. The number of benzene rings is 1. The Kier molecular flexibility index (Phi) is 4.48. The third kappa shape index (κ3) is 3.39. The van der Waals surface area contributed by atoms with Crippen LogP contribution in [-0.2, 0) is 0 Å². The van der Waals surface area contributed by atoms with Crippen LogP contribution in [0.25, 0.3) is 0 Å². The number of nitrogen functional groups attached to an aromatic ring is 1. The van der Waals surface area contributed by atoms with Crippen molar-refractivity contribution in [1.82, 2.24) is 4.90 Å². The van der Waals surface area contributed by atoms with Crippen molar-refractivity contribution in [2.24, 2.45) is 5.92 Å². The monoisotopic (exact) mass is 247 g/mol. The van der Waals surface area contributed by atoms with Gasteiger partial charge in [-0.15, -0.1) is 0 Å². The molecule has 0 saturated carbocycles. The molecule has 0 bridgehead atoms. The number of nitrogens with two attached hydrogens (primary N) is 1. The summed E-state index contributed by atoms with van der Waals surface area (Å²) in [6, 6.07) is 6.09. The van der Waals surface area contributed by atoms with Crippen LogP contribution >= 0.6 is 0 Å². The normalized spacial score (nSPS) is 17.9. The summed E-state index contributed by atoms with van der Waals surface area (Å²) in [7, 11) is 0. The molecule has 0 aliphatic carbocycles. The third-order valence-corrected chi connectivity index (χ3v) is 3.99. The van der Waals surface area contributed by atoms with Crippen LogP contribution in [0.3, 0.4) is 0 Å². The van der Waals surface area contributed by atoms with Crippen LogP contribution in [0, 0.1) is 12.8 Å². The molecule has 2 rings (SSSR count). The van der Waals surface area contributed by atoms with Gasteiger partial charge in [-0.3, -0.25) is 0 Å². The molecule has 3 heteroatoms. The van der Waals surface area contributed by atoms with E-state index in [1.807, 2.05) is 12.1 Å². The van der Waals surface area contributed by atoms with Crippen LogP contribution in [0.4, 0.5) is 11.4 Å². The van der Waals surface area contributed by atoms with Gasteiger partial charge >= 0.3 is 0 Å². The van der Waals surface area contributed by atoms with E-state index in [-0.39, 0.29) is 0 Å². The van der Waals surface area contributed by atoms with Crippen molar-refractivity contribution >= 4 is 11.4 Å². The maximum atomic E-state index is 5.76. The molecule has 1 saturated heterocycles. The smallest absolute Gasteiger partial charge is 0.0371 e. The van der Waals surface area contributed by atoms with Crippen molar-refractivity contribution in [2.45, 2.75) is 26.7 Å². The van der Waals surface area contributed by atoms with E-state index in [1.165, 1.54) is 43.7 Å². The Bertz CT molecular complexity index is 381. The van der Waals surface area contributed by atoms with E-state index in [1.54, 1.807) is 0 Å². The SMILES string of the molecule is CCN1CCC(CNc2ccc(N)cc2C)CC1. The van der Waals surface area contributed by atoms with E-state index in [0.717, 1.165) is 18.2 Å². The quantitative estimate of drug-likeness (QED) is 0.804. The molecule has 0 amide bonds. The Morgan fingerprint density at radius 1 is 1.33 bits per heavy atom. The summed E-state index contributed by atoms with van der Waals surface area (Å²) in [6.45, 7) is 9.14. The maximum absolute atomic E-state index is 5.76. The van der Waals surface area contributed by atoms with E-state index < -0.39 is 0 Å². The Morgan fingerprint density at radius 2 is 2.06 bits per heavy atom. The largest absolute Gasteiger partial charge is 0.399 e. The van der Waals surface area contributed by atoms with Crippen LogP contribution < -0.4 is 11.1 Å². The highest BCUT2D eigenvalue weighted by atomic mass is 15.1. The Balaban J connectivity index is 1.81. The summed E-state index contributed by atoms with van der Waals surface area (Å²) in [6.07, 6.45) is 2.63. The first-order valence-electron chi connectivity index (χ1n) is 7.01. The highest BCUT2D eigenvalue weighted by molar-refractivity contribution is 5.57. The van der Waals surface area contributed by atoms with Crippen LogP contribution in [0.2, 0.25) is 0 Å². The number of nitrogens with zero attached hydrogens (tertiary/aromatic N) is 1. The number of aryl methyl sites for hydroxylation is 1. The van der Waals surface area contributed by atoms with Crippen molar-refractivity contribution in [2.75, 3.05) is 37.2 Å². The molecule has 0 aromatic heterocycles. The second-order valence-electron chi connectivity index (χ2n) is 5.33. The zero-order valence-corrected chi connectivity index (χ0v) is 11.6. The zero-order valence-electron chi connectivity index (χ0n) is 11.6. The van der Waals surface area contributed by atoms with Crippen LogP contribution in [-0.4, -0.2) is 31.1 Å². The lowest BCUT2D eigenvalue weighted by Crippen LogP contribution is -2.35. The van der Waals surface area contributed by atoms with E-state index in [2.05, 4.69) is 30.1 Å². The molecule has 1 aromatic rings. The molecule has 3 nitrogen and oxygen atoms in total. The van der Waals surface area contributed by atoms with Gasteiger partial charge in [0.15, 0.2) is 0 Å². The second-order valence-corrected chi connectivity index (χ2v) is 5.33. The fourth-order valence-corrected chi connectivity index (χ4v) is 2.65. The van der Waals surface area contributed by atoms with Gasteiger partial charge in [0, 0.05) is 17.9 Å². The summed E-state index contributed by atoms with van der Waals surface area (Å²) < 4.78 is 0. The fraction of sp³-hybridized carbons (Fsp3) is 0.600. The first kappa shape index (κ1) is 13.2. The van der Waals surface area contributed by atoms with Gasteiger partial charge in [0.1, 0.15) is 0 Å². The molecule has 1 aliphatic rings. The molecular weight excluding hydrogens is 222 g/mol. The minimum atomic E-state index is 0.810. The van der Waals surface area contributed by atoms with Crippen molar-refractivity contribution < 1.29 is 0 Å². The second kappa shape index (κ2) is 6.10. The summed E-state index contributed by atoms with van der Waals surface area (Å²) >= 11 is 0. The number of nitrogens with one attached hydrogen (secondary N) is 1. The highest BCUT2D eigenvalue weighted by Gasteiger charge is 2.17. The topological polar surface area (TPSA) is 41.3 Å².